The Kier molecular flexibility index (Phi) is 7.43. The van der Waals surface area contributed by atoms with Crippen LogP contribution >= 0.6 is 0 Å². The third-order valence-electron chi connectivity index (χ3n) is 3.66. The van der Waals surface area contributed by atoms with E-state index in [4.69, 9.17) is 14.6 Å². The number of nitrogens with one attached hydrogen (secondary N) is 1. The molecule has 0 aliphatic heterocycles. The van der Waals surface area contributed by atoms with E-state index in [1.54, 1.807) is 24.3 Å². The van der Waals surface area contributed by atoms with Gasteiger partial charge < -0.3 is 19.9 Å². The summed E-state index contributed by atoms with van der Waals surface area (Å²) in [7, 11) is 0. The average molecular weight is 369 g/mol. The first-order chi connectivity index (χ1) is 13.0. The Labute approximate surface area is 158 Å². The summed E-state index contributed by atoms with van der Waals surface area (Å²) in [6, 6.07) is 14.2. The monoisotopic (exact) mass is 369 g/mol. The van der Waals surface area contributed by atoms with Gasteiger partial charge in [-0.1, -0.05) is 36.4 Å². The Bertz CT molecular complexity index is 801. The van der Waals surface area contributed by atoms with E-state index in [1.807, 2.05) is 37.3 Å². The number of benzene rings is 2. The van der Waals surface area contributed by atoms with E-state index < -0.39 is 17.9 Å². The quantitative estimate of drug-likeness (QED) is 0.663. The molecule has 0 bridgehead atoms. The van der Waals surface area contributed by atoms with Crippen molar-refractivity contribution < 1.29 is 24.2 Å². The molecule has 2 aromatic carbocycles. The van der Waals surface area contributed by atoms with Gasteiger partial charge >= 0.3 is 5.97 Å². The van der Waals surface area contributed by atoms with Gasteiger partial charge in [0, 0.05) is 6.08 Å². The SMILES string of the molecule is CCOc1cc(/C=C/C(=O)NC(C)C(=O)O)ccc1OCc1ccccc1. The van der Waals surface area contributed by atoms with E-state index in [0.29, 0.717) is 24.7 Å². The van der Waals surface area contributed by atoms with Crippen LogP contribution in [-0.4, -0.2) is 29.6 Å². The van der Waals surface area contributed by atoms with Crippen LogP contribution in [0.15, 0.2) is 54.6 Å². The largest absolute Gasteiger partial charge is 0.490 e. The van der Waals surface area contributed by atoms with E-state index in [1.165, 1.54) is 13.0 Å². The molecule has 0 radical (unpaired) electrons. The number of amides is 1. The van der Waals surface area contributed by atoms with Gasteiger partial charge in [0.1, 0.15) is 12.6 Å². The third kappa shape index (κ3) is 6.51. The molecule has 0 spiro atoms. The number of ether oxygens (including phenoxy) is 2. The molecular formula is C21H23NO5. The number of carboxylic acids is 1. The van der Waals surface area contributed by atoms with E-state index >= 15 is 0 Å². The molecule has 0 saturated carbocycles. The summed E-state index contributed by atoms with van der Waals surface area (Å²) in [6.07, 6.45) is 2.88. The molecule has 1 atom stereocenters. The highest BCUT2D eigenvalue weighted by atomic mass is 16.5. The van der Waals surface area contributed by atoms with Crippen LogP contribution in [0.3, 0.4) is 0 Å². The van der Waals surface area contributed by atoms with Crippen LogP contribution in [0.5, 0.6) is 11.5 Å². The van der Waals surface area contributed by atoms with Gasteiger partial charge in [0.05, 0.1) is 6.61 Å². The van der Waals surface area contributed by atoms with Crippen LogP contribution in [0.4, 0.5) is 0 Å². The summed E-state index contributed by atoms with van der Waals surface area (Å²) >= 11 is 0. The Hall–Kier alpha value is -3.28. The van der Waals surface area contributed by atoms with E-state index in [9.17, 15) is 9.59 Å². The maximum atomic E-state index is 11.8. The van der Waals surface area contributed by atoms with Gasteiger partial charge in [-0.2, -0.15) is 0 Å². The number of carbonyl (C=O) groups excluding carboxylic acids is 1. The summed E-state index contributed by atoms with van der Waals surface area (Å²) in [5.41, 5.74) is 1.79. The molecule has 6 heteroatoms. The highest BCUT2D eigenvalue weighted by molar-refractivity contribution is 5.94. The predicted molar refractivity (Wildman–Crippen MR) is 103 cm³/mol. The molecule has 27 heavy (non-hydrogen) atoms. The Morgan fingerprint density at radius 3 is 2.52 bits per heavy atom. The van der Waals surface area contributed by atoms with Crippen molar-refractivity contribution in [3.8, 4) is 11.5 Å². The van der Waals surface area contributed by atoms with Crippen molar-refractivity contribution in [1.82, 2.24) is 5.32 Å². The fourth-order valence-electron chi connectivity index (χ4n) is 2.25. The fourth-order valence-corrected chi connectivity index (χ4v) is 2.25. The number of hydrogen-bond acceptors (Lipinski definition) is 4. The molecule has 0 aliphatic rings. The van der Waals surface area contributed by atoms with Gasteiger partial charge in [-0.3, -0.25) is 9.59 Å². The van der Waals surface area contributed by atoms with Crippen LogP contribution in [-0.2, 0) is 16.2 Å². The smallest absolute Gasteiger partial charge is 0.325 e. The standard InChI is InChI=1S/C21H23NO5/c1-3-26-19-13-16(10-12-20(23)22-15(2)21(24)25)9-11-18(19)27-14-17-7-5-4-6-8-17/h4-13,15H,3,14H2,1-2H3,(H,22,23)(H,24,25)/b12-10+. The maximum absolute atomic E-state index is 11.8. The second-order valence-corrected chi connectivity index (χ2v) is 5.82. The lowest BCUT2D eigenvalue weighted by Crippen LogP contribution is -2.37. The average Bonchev–Trinajstić information content (AvgIpc) is 2.66. The topological polar surface area (TPSA) is 84.9 Å². The number of carboxylic acid groups (broad SMARTS) is 1. The molecular weight excluding hydrogens is 346 g/mol. The van der Waals surface area contributed by atoms with Crippen LogP contribution in [0, 0.1) is 0 Å². The number of hydrogen-bond donors (Lipinski definition) is 2. The minimum absolute atomic E-state index is 0.422. The highest BCUT2D eigenvalue weighted by Crippen LogP contribution is 2.29. The zero-order chi connectivity index (χ0) is 19.6. The summed E-state index contributed by atoms with van der Waals surface area (Å²) in [6.45, 7) is 4.18. The first kappa shape index (κ1) is 20.0. The molecule has 2 aromatic rings. The lowest BCUT2D eigenvalue weighted by Gasteiger charge is -2.13. The first-order valence-electron chi connectivity index (χ1n) is 8.64. The van der Waals surface area contributed by atoms with Crippen molar-refractivity contribution in [2.24, 2.45) is 0 Å². The summed E-state index contributed by atoms with van der Waals surface area (Å²) in [5, 5.41) is 11.2. The van der Waals surface area contributed by atoms with Gasteiger partial charge in [-0.15, -0.1) is 0 Å². The van der Waals surface area contributed by atoms with Gasteiger partial charge in [-0.05, 0) is 43.2 Å². The molecule has 6 nitrogen and oxygen atoms in total. The second-order valence-electron chi connectivity index (χ2n) is 5.82. The maximum Gasteiger partial charge on any atom is 0.325 e. The first-order valence-corrected chi connectivity index (χ1v) is 8.64. The molecule has 2 N–H and O–H groups in total. The number of carbonyl (C=O) groups is 2. The van der Waals surface area contributed by atoms with Crippen molar-refractivity contribution in [3.05, 3.63) is 65.7 Å². The van der Waals surface area contributed by atoms with Gasteiger partial charge in [-0.25, -0.2) is 0 Å². The van der Waals surface area contributed by atoms with Crippen LogP contribution < -0.4 is 14.8 Å². The van der Waals surface area contributed by atoms with Crippen molar-refractivity contribution in [3.63, 3.8) is 0 Å². The molecule has 0 aromatic heterocycles. The Balaban J connectivity index is 2.06. The number of rotatable bonds is 9. The van der Waals surface area contributed by atoms with Crippen molar-refractivity contribution >= 4 is 18.0 Å². The van der Waals surface area contributed by atoms with Crippen molar-refractivity contribution in [2.45, 2.75) is 26.5 Å². The molecule has 0 fully saturated rings. The van der Waals surface area contributed by atoms with Gasteiger partial charge in [0.25, 0.3) is 0 Å². The summed E-state index contributed by atoms with van der Waals surface area (Å²) in [4.78, 5) is 22.5. The van der Waals surface area contributed by atoms with E-state index in [2.05, 4.69) is 5.32 Å². The molecule has 1 amide bonds. The normalized spacial score (nSPS) is 11.8. The highest BCUT2D eigenvalue weighted by Gasteiger charge is 2.12. The Morgan fingerprint density at radius 2 is 1.85 bits per heavy atom. The van der Waals surface area contributed by atoms with Crippen LogP contribution in [0.1, 0.15) is 25.0 Å². The zero-order valence-corrected chi connectivity index (χ0v) is 15.3. The molecule has 142 valence electrons. The molecule has 0 heterocycles. The lowest BCUT2D eigenvalue weighted by atomic mass is 10.2. The van der Waals surface area contributed by atoms with Crippen molar-refractivity contribution in [1.29, 1.82) is 0 Å². The third-order valence-corrected chi connectivity index (χ3v) is 3.66. The molecule has 0 saturated heterocycles. The van der Waals surface area contributed by atoms with E-state index in [-0.39, 0.29) is 0 Å². The zero-order valence-electron chi connectivity index (χ0n) is 15.3. The molecule has 1 unspecified atom stereocenters. The Morgan fingerprint density at radius 1 is 1.11 bits per heavy atom. The van der Waals surface area contributed by atoms with Gasteiger partial charge in [0.2, 0.25) is 5.91 Å². The van der Waals surface area contributed by atoms with Crippen LogP contribution in [0.2, 0.25) is 0 Å². The predicted octanol–water partition coefficient (Wildman–Crippen LogP) is 3.27. The molecule has 2 rings (SSSR count). The van der Waals surface area contributed by atoms with E-state index in [0.717, 1.165) is 11.1 Å². The second kappa shape index (κ2) is 10.0. The summed E-state index contributed by atoms with van der Waals surface area (Å²) < 4.78 is 11.5. The number of aliphatic carboxylic acids is 1. The molecule has 0 aliphatic carbocycles. The fraction of sp³-hybridized carbons (Fsp3) is 0.238. The van der Waals surface area contributed by atoms with Crippen molar-refractivity contribution in [2.75, 3.05) is 6.61 Å². The minimum atomic E-state index is -1.09. The lowest BCUT2D eigenvalue weighted by molar-refractivity contribution is -0.140. The summed E-state index contributed by atoms with van der Waals surface area (Å²) in [5.74, 6) is -0.376. The van der Waals surface area contributed by atoms with Crippen LogP contribution in [0.25, 0.3) is 6.08 Å². The van der Waals surface area contributed by atoms with Gasteiger partial charge in [0.15, 0.2) is 11.5 Å². The minimum Gasteiger partial charge on any atom is -0.490 e.